The zero-order valence-electron chi connectivity index (χ0n) is 18.8. The Labute approximate surface area is 167 Å². The van der Waals surface area contributed by atoms with Crippen LogP contribution in [0.5, 0.6) is 0 Å². The van der Waals surface area contributed by atoms with Crippen molar-refractivity contribution in [3.8, 4) is 0 Å². The maximum Gasteiger partial charge on any atom is 0.236 e. The Morgan fingerprint density at radius 2 is 1.52 bits per heavy atom. The van der Waals surface area contributed by atoms with Gasteiger partial charge in [-0.05, 0) is 46.0 Å². The van der Waals surface area contributed by atoms with Gasteiger partial charge in [-0.2, -0.15) is 0 Å². The number of rotatable bonds is 12. The SMILES string of the molecule is CCCCC(C)(C)NCC(=O)N1CCC(C(=O)C(C)(CC)CCCC)CC1. The maximum atomic E-state index is 13.1. The van der Waals surface area contributed by atoms with Gasteiger partial charge < -0.3 is 10.2 Å². The molecule has 0 spiro atoms. The Morgan fingerprint density at radius 1 is 0.963 bits per heavy atom. The van der Waals surface area contributed by atoms with Crippen LogP contribution in [0.1, 0.15) is 99.3 Å². The summed E-state index contributed by atoms with van der Waals surface area (Å²) in [5, 5.41) is 3.42. The molecule has 1 heterocycles. The molecule has 0 radical (unpaired) electrons. The van der Waals surface area contributed by atoms with Gasteiger partial charge >= 0.3 is 0 Å². The van der Waals surface area contributed by atoms with E-state index in [-0.39, 0.29) is 22.8 Å². The Morgan fingerprint density at radius 3 is 2.04 bits per heavy atom. The van der Waals surface area contributed by atoms with E-state index in [1.807, 2.05) is 4.90 Å². The summed E-state index contributed by atoms with van der Waals surface area (Å²) < 4.78 is 0. The minimum Gasteiger partial charge on any atom is -0.342 e. The Kier molecular flexibility index (Phi) is 10.0. The molecule has 1 unspecified atom stereocenters. The van der Waals surface area contributed by atoms with Crippen molar-refractivity contribution < 1.29 is 9.59 Å². The Balaban J connectivity index is 2.48. The number of unbranched alkanes of at least 4 members (excludes halogenated alkanes) is 2. The molecule has 1 aliphatic heterocycles. The molecule has 0 aromatic heterocycles. The highest BCUT2D eigenvalue weighted by atomic mass is 16.2. The predicted octanol–water partition coefficient (Wildman–Crippen LogP) is 4.96. The van der Waals surface area contributed by atoms with Crippen LogP contribution in [0.2, 0.25) is 0 Å². The van der Waals surface area contributed by atoms with Gasteiger partial charge in [0.15, 0.2) is 0 Å². The van der Waals surface area contributed by atoms with E-state index in [0.29, 0.717) is 12.3 Å². The van der Waals surface area contributed by atoms with Crippen LogP contribution in [0.25, 0.3) is 0 Å². The minimum absolute atomic E-state index is 0.00216. The molecule has 0 bridgehead atoms. The molecule has 0 aromatic carbocycles. The van der Waals surface area contributed by atoms with E-state index in [1.54, 1.807) is 0 Å². The fourth-order valence-electron chi connectivity index (χ4n) is 4.06. The van der Waals surface area contributed by atoms with E-state index in [9.17, 15) is 9.59 Å². The normalized spacial score (nSPS) is 18.4. The molecule has 1 N–H and O–H groups in total. The first-order chi connectivity index (χ1) is 12.7. The molecule has 1 amide bonds. The van der Waals surface area contributed by atoms with Crippen LogP contribution in [-0.2, 0) is 9.59 Å². The second kappa shape index (κ2) is 11.2. The highest BCUT2D eigenvalue weighted by molar-refractivity contribution is 5.87. The van der Waals surface area contributed by atoms with Gasteiger partial charge in [-0.3, -0.25) is 9.59 Å². The van der Waals surface area contributed by atoms with Crippen molar-refractivity contribution in [1.82, 2.24) is 10.2 Å². The number of likely N-dealkylation sites (tertiary alicyclic amines) is 1. The number of nitrogens with one attached hydrogen (secondary N) is 1. The van der Waals surface area contributed by atoms with Crippen LogP contribution in [-0.4, -0.2) is 41.8 Å². The minimum atomic E-state index is -0.183. The first-order valence-corrected chi connectivity index (χ1v) is 11.3. The van der Waals surface area contributed by atoms with Crippen molar-refractivity contribution in [3.63, 3.8) is 0 Å². The van der Waals surface area contributed by atoms with Crippen LogP contribution >= 0.6 is 0 Å². The van der Waals surface area contributed by atoms with Crippen molar-refractivity contribution in [3.05, 3.63) is 0 Å². The van der Waals surface area contributed by atoms with Gasteiger partial charge in [-0.15, -0.1) is 0 Å². The molecule has 4 nitrogen and oxygen atoms in total. The Bertz CT molecular complexity index is 467. The number of hydrogen-bond donors (Lipinski definition) is 1. The molecule has 1 atom stereocenters. The van der Waals surface area contributed by atoms with Crippen molar-refractivity contribution >= 4 is 11.7 Å². The standard InChI is InChI=1S/C23H44N2O2/c1-7-10-14-22(4,5)24-18-20(26)25-16-12-19(13-17-25)21(27)23(6,9-3)15-11-8-2/h19,24H,7-18H2,1-6H3. The average Bonchev–Trinajstić information content (AvgIpc) is 2.68. The average molecular weight is 381 g/mol. The van der Waals surface area contributed by atoms with Crippen LogP contribution < -0.4 is 5.32 Å². The first-order valence-electron chi connectivity index (χ1n) is 11.3. The zero-order chi connectivity index (χ0) is 20.5. The molecule has 4 heteroatoms. The van der Waals surface area contributed by atoms with Crippen molar-refractivity contribution in [2.75, 3.05) is 19.6 Å². The van der Waals surface area contributed by atoms with Gasteiger partial charge in [0, 0.05) is 30.0 Å². The molecular weight excluding hydrogens is 336 g/mol. The molecule has 27 heavy (non-hydrogen) atoms. The second-order valence-electron chi connectivity index (χ2n) is 9.38. The van der Waals surface area contributed by atoms with Gasteiger partial charge in [0.1, 0.15) is 5.78 Å². The topological polar surface area (TPSA) is 49.4 Å². The van der Waals surface area contributed by atoms with E-state index in [4.69, 9.17) is 0 Å². The van der Waals surface area contributed by atoms with Gasteiger partial charge in [-0.1, -0.05) is 53.4 Å². The molecule has 158 valence electrons. The number of carbonyl (C=O) groups excluding carboxylic acids is 2. The summed E-state index contributed by atoms with van der Waals surface area (Å²) in [6, 6.07) is 0. The van der Waals surface area contributed by atoms with Crippen LogP contribution in [0, 0.1) is 11.3 Å². The van der Waals surface area contributed by atoms with E-state index in [2.05, 4.69) is 46.9 Å². The zero-order valence-corrected chi connectivity index (χ0v) is 18.8. The third-order valence-corrected chi connectivity index (χ3v) is 6.55. The van der Waals surface area contributed by atoms with E-state index >= 15 is 0 Å². The molecular formula is C23H44N2O2. The lowest BCUT2D eigenvalue weighted by Gasteiger charge is -2.37. The number of hydrogen-bond acceptors (Lipinski definition) is 3. The number of carbonyl (C=O) groups is 2. The summed E-state index contributed by atoms with van der Waals surface area (Å²) in [5.41, 5.74) is -0.181. The number of amides is 1. The Hall–Kier alpha value is -0.900. The van der Waals surface area contributed by atoms with Gasteiger partial charge in [0.2, 0.25) is 5.91 Å². The largest absolute Gasteiger partial charge is 0.342 e. The van der Waals surface area contributed by atoms with Crippen LogP contribution in [0.15, 0.2) is 0 Å². The lowest BCUT2D eigenvalue weighted by Crippen LogP contribution is -2.49. The maximum absolute atomic E-state index is 13.1. The van der Waals surface area contributed by atoms with Crippen molar-refractivity contribution in [2.45, 2.75) is 105 Å². The first kappa shape index (κ1) is 24.1. The molecule has 0 aromatic rings. The molecule has 0 aliphatic carbocycles. The van der Waals surface area contributed by atoms with Crippen LogP contribution in [0.3, 0.4) is 0 Å². The summed E-state index contributed by atoms with van der Waals surface area (Å²) in [6.45, 7) is 14.8. The molecule has 1 fully saturated rings. The van der Waals surface area contributed by atoms with Crippen molar-refractivity contribution in [1.29, 1.82) is 0 Å². The molecule has 0 saturated carbocycles. The third kappa shape index (κ3) is 7.56. The smallest absolute Gasteiger partial charge is 0.236 e. The van der Waals surface area contributed by atoms with Crippen molar-refractivity contribution in [2.24, 2.45) is 11.3 Å². The summed E-state index contributed by atoms with van der Waals surface area (Å²) in [4.78, 5) is 27.6. The van der Waals surface area contributed by atoms with Gasteiger partial charge in [0.25, 0.3) is 0 Å². The van der Waals surface area contributed by atoms with Gasteiger partial charge in [0.05, 0.1) is 6.54 Å². The number of Topliss-reactive ketones (excluding diaryl/α,β-unsaturated/α-hetero) is 1. The lowest BCUT2D eigenvalue weighted by molar-refractivity contribution is -0.138. The van der Waals surface area contributed by atoms with E-state index < -0.39 is 0 Å². The summed E-state index contributed by atoms with van der Waals surface area (Å²) >= 11 is 0. The second-order valence-corrected chi connectivity index (χ2v) is 9.38. The quantitative estimate of drug-likeness (QED) is 0.520. The van der Waals surface area contributed by atoms with Crippen LogP contribution in [0.4, 0.5) is 0 Å². The predicted molar refractivity (Wildman–Crippen MR) is 114 cm³/mol. The number of nitrogens with zero attached hydrogens (tertiary/aromatic N) is 1. The van der Waals surface area contributed by atoms with E-state index in [1.165, 1.54) is 12.8 Å². The molecule has 1 rings (SSSR count). The van der Waals surface area contributed by atoms with Gasteiger partial charge in [-0.25, -0.2) is 0 Å². The van der Waals surface area contributed by atoms with E-state index in [0.717, 1.165) is 58.0 Å². The summed E-state index contributed by atoms with van der Waals surface area (Å²) in [7, 11) is 0. The lowest BCUT2D eigenvalue weighted by atomic mass is 9.72. The number of ketones is 1. The summed E-state index contributed by atoms with van der Waals surface area (Å²) in [5.74, 6) is 0.740. The fourth-order valence-corrected chi connectivity index (χ4v) is 4.06. The monoisotopic (exact) mass is 380 g/mol. The summed E-state index contributed by atoms with van der Waals surface area (Å²) in [6.07, 6.45) is 9.25. The fraction of sp³-hybridized carbons (Fsp3) is 0.913. The molecule has 1 saturated heterocycles. The third-order valence-electron chi connectivity index (χ3n) is 6.55. The highest BCUT2D eigenvalue weighted by Crippen LogP contribution is 2.35. The highest BCUT2D eigenvalue weighted by Gasteiger charge is 2.37. The number of piperidine rings is 1. The molecule has 1 aliphatic rings.